The molecule has 0 bridgehead atoms. The predicted octanol–water partition coefficient (Wildman–Crippen LogP) is 3.96. The maximum absolute atomic E-state index is 5.31. The maximum Gasteiger partial charge on any atom is 0.133 e. The smallest absolute Gasteiger partial charge is 0.133 e. The molecule has 3 heterocycles. The molecular formula is C20H24N4O. The molecule has 4 rings (SSSR count). The van der Waals surface area contributed by atoms with Crippen LogP contribution in [0.3, 0.4) is 0 Å². The second-order valence-corrected chi connectivity index (χ2v) is 6.84. The molecule has 1 aliphatic rings. The normalized spacial score (nSPS) is 18.5. The summed E-state index contributed by atoms with van der Waals surface area (Å²) in [6.07, 6.45) is 7.54. The molecule has 5 heteroatoms. The van der Waals surface area contributed by atoms with Crippen LogP contribution in [0.4, 0.5) is 0 Å². The van der Waals surface area contributed by atoms with E-state index in [0.29, 0.717) is 6.04 Å². The van der Waals surface area contributed by atoms with Crippen molar-refractivity contribution in [2.45, 2.75) is 45.3 Å². The number of hydrogen-bond donors (Lipinski definition) is 0. The quantitative estimate of drug-likeness (QED) is 0.708. The molecule has 1 fully saturated rings. The van der Waals surface area contributed by atoms with Crippen molar-refractivity contribution in [1.82, 2.24) is 19.6 Å². The first-order chi connectivity index (χ1) is 12.3. The topological polar surface area (TPSA) is 47.1 Å². The Labute approximate surface area is 148 Å². The zero-order valence-corrected chi connectivity index (χ0v) is 14.6. The highest BCUT2D eigenvalue weighted by Gasteiger charge is 2.27. The van der Waals surface area contributed by atoms with Crippen molar-refractivity contribution < 1.29 is 4.52 Å². The average molecular weight is 336 g/mol. The van der Waals surface area contributed by atoms with Crippen molar-refractivity contribution in [2.24, 2.45) is 0 Å². The van der Waals surface area contributed by atoms with Crippen molar-refractivity contribution in [2.75, 3.05) is 6.54 Å². The number of aromatic nitrogens is 3. The van der Waals surface area contributed by atoms with Gasteiger partial charge in [0, 0.05) is 25.4 Å². The first-order valence-electron chi connectivity index (χ1n) is 9.00. The van der Waals surface area contributed by atoms with E-state index >= 15 is 0 Å². The number of imidazole rings is 1. The molecule has 1 aliphatic heterocycles. The molecule has 1 saturated heterocycles. The first-order valence-corrected chi connectivity index (χ1v) is 9.00. The van der Waals surface area contributed by atoms with Crippen LogP contribution in [0.5, 0.6) is 0 Å². The zero-order valence-electron chi connectivity index (χ0n) is 14.6. The van der Waals surface area contributed by atoms with Gasteiger partial charge >= 0.3 is 0 Å². The van der Waals surface area contributed by atoms with E-state index in [1.165, 1.54) is 24.1 Å². The van der Waals surface area contributed by atoms with Crippen molar-refractivity contribution in [3.8, 4) is 0 Å². The van der Waals surface area contributed by atoms with Crippen molar-refractivity contribution in [1.29, 1.82) is 0 Å². The third-order valence-electron chi connectivity index (χ3n) is 4.96. The van der Waals surface area contributed by atoms with Crippen molar-refractivity contribution in [3.05, 3.63) is 71.6 Å². The predicted molar refractivity (Wildman–Crippen MR) is 96.0 cm³/mol. The molecule has 2 aromatic heterocycles. The van der Waals surface area contributed by atoms with Crippen LogP contribution in [0.25, 0.3) is 0 Å². The lowest BCUT2D eigenvalue weighted by molar-refractivity contribution is 0.131. The van der Waals surface area contributed by atoms with Gasteiger partial charge in [-0.15, -0.1) is 0 Å². The van der Waals surface area contributed by atoms with Crippen LogP contribution in [-0.2, 0) is 13.1 Å². The molecule has 25 heavy (non-hydrogen) atoms. The summed E-state index contributed by atoms with van der Waals surface area (Å²) in [5.74, 6) is 0.884. The van der Waals surface area contributed by atoms with Crippen molar-refractivity contribution in [3.63, 3.8) is 0 Å². The van der Waals surface area contributed by atoms with Gasteiger partial charge in [-0.25, -0.2) is 4.98 Å². The Morgan fingerprint density at radius 1 is 1.16 bits per heavy atom. The molecule has 1 atom stereocenters. The second kappa shape index (κ2) is 7.23. The van der Waals surface area contributed by atoms with E-state index in [4.69, 9.17) is 4.52 Å². The standard InChI is InChI=1S/C20H24N4O/c1-16-11-19(22-25-16)20-9-5-6-10-23(20)14-18-12-21-15-24(18)13-17-7-3-2-4-8-17/h2-4,7-8,11-12,15,20H,5-6,9-10,13-14H2,1H3/t20-/m1/s1. The molecule has 0 spiro atoms. The van der Waals surface area contributed by atoms with Crippen LogP contribution in [0.15, 0.2) is 53.4 Å². The van der Waals surface area contributed by atoms with Gasteiger partial charge in [-0.2, -0.15) is 0 Å². The largest absolute Gasteiger partial charge is 0.361 e. The van der Waals surface area contributed by atoms with Crippen LogP contribution >= 0.6 is 0 Å². The molecule has 3 aromatic rings. The van der Waals surface area contributed by atoms with E-state index in [0.717, 1.165) is 37.5 Å². The molecular weight excluding hydrogens is 312 g/mol. The van der Waals surface area contributed by atoms with E-state index in [9.17, 15) is 0 Å². The number of aryl methyl sites for hydroxylation is 1. The summed E-state index contributed by atoms with van der Waals surface area (Å²) in [6, 6.07) is 12.9. The van der Waals surface area contributed by atoms with Crippen LogP contribution in [-0.4, -0.2) is 26.2 Å². The van der Waals surface area contributed by atoms with Gasteiger partial charge in [0.1, 0.15) is 11.5 Å². The number of hydrogen-bond acceptors (Lipinski definition) is 4. The van der Waals surface area contributed by atoms with Crippen LogP contribution < -0.4 is 0 Å². The van der Waals surface area contributed by atoms with Crippen molar-refractivity contribution >= 4 is 0 Å². The fourth-order valence-corrected chi connectivity index (χ4v) is 3.67. The Morgan fingerprint density at radius 3 is 2.84 bits per heavy atom. The Bertz CT molecular complexity index is 808. The lowest BCUT2D eigenvalue weighted by Crippen LogP contribution is -2.33. The molecule has 0 radical (unpaired) electrons. The summed E-state index contributed by atoms with van der Waals surface area (Å²) in [4.78, 5) is 6.90. The zero-order chi connectivity index (χ0) is 17.1. The summed E-state index contributed by atoms with van der Waals surface area (Å²) in [7, 11) is 0. The fraction of sp³-hybridized carbons (Fsp3) is 0.400. The van der Waals surface area contributed by atoms with E-state index < -0.39 is 0 Å². The van der Waals surface area contributed by atoms with Crippen LogP contribution in [0.2, 0.25) is 0 Å². The van der Waals surface area contributed by atoms with Gasteiger partial charge in [0.2, 0.25) is 0 Å². The Morgan fingerprint density at radius 2 is 2.04 bits per heavy atom. The van der Waals surface area contributed by atoms with E-state index in [-0.39, 0.29) is 0 Å². The summed E-state index contributed by atoms with van der Waals surface area (Å²) in [5.41, 5.74) is 3.60. The number of piperidine rings is 1. The van der Waals surface area contributed by atoms with Gasteiger partial charge in [-0.3, -0.25) is 4.90 Å². The molecule has 1 aromatic carbocycles. The first kappa shape index (κ1) is 16.1. The van der Waals surface area contributed by atoms with Gasteiger partial charge < -0.3 is 9.09 Å². The SMILES string of the molecule is Cc1cc([C@H]2CCCCN2Cc2cncn2Cc2ccccc2)no1. The summed E-state index contributed by atoms with van der Waals surface area (Å²) >= 11 is 0. The Balaban J connectivity index is 1.52. The highest BCUT2D eigenvalue weighted by atomic mass is 16.5. The highest BCUT2D eigenvalue weighted by Crippen LogP contribution is 2.31. The van der Waals surface area contributed by atoms with Crippen LogP contribution in [0.1, 0.15) is 48.0 Å². The fourth-order valence-electron chi connectivity index (χ4n) is 3.67. The number of rotatable bonds is 5. The minimum absolute atomic E-state index is 0.339. The van der Waals surface area contributed by atoms with Gasteiger partial charge in [-0.1, -0.05) is 41.9 Å². The Hall–Kier alpha value is -2.40. The minimum atomic E-state index is 0.339. The van der Waals surface area contributed by atoms with Gasteiger partial charge in [0.05, 0.1) is 18.1 Å². The summed E-state index contributed by atoms with van der Waals surface area (Å²) < 4.78 is 7.55. The molecule has 130 valence electrons. The summed E-state index contributed by atoms with van der Waals surface area (Å²) in [5, 5.41) is 4.27. The third kappa shape index (κ3) is 3.66. The van der Waals surface area contributed by atoms with Gasteiger partial charge in [-0.05, 0) is 31.9 Å². The lowest BCUT2D eigenvalue weighted by atomic mass is 9.99. The van der Waals surface area contributed by atoms with E-state index in [1.54, 1.807) is 0 Å². The van der Waals surface area contributed by atoms with Crippen LogP contribution in [0, 0.1) is 6.92 Å². The average Bonchev–Trinajstić information content (AvgIpc) is 3.26. The number of nitrogens with zero attached hydrogens (tertiary/aromatic N) is 4. The number of benzene rings is 1. The van der Waals surface area contributed by atoms with Gasteiger partial charge in [0.15, 0.2) is 0 Å². The highest BCUT2D eigenvalue weighted by molar-refractivity contribution is 5.16. The second-order valence-electron chi connectivity index (χ2n) is 6.84. The molecule has 0 amide bonds. The summed E-state index contributed by atoms with van der Waals surface area (Å²) in [6.45, 7) is 4.80. The number of likely N-dealkylation sites (tertiary alicyclic amines) is 1. The monoisotopic (exact) mass is 336 g/mol. The third-order valence-corrected chi connectivity index (χ3v) is 4.96. The molecule has 0 saturated carbocycles. The van der Waals surface area contributed by atoms with E-state index in [1.807, 2.05) is 19.4 Å². The molecule has 0 N–H and O–H groups in total. The molecule has 0 unspecified atom stereocenters. The molecule has 0 aliphatic carbocycles. The Kier molecular flexibility index (Phi) is 4.65. The maximum atomic E-state index is 5.31. The molecule has 5 nitrogen and oxygen atoms in total. The lowest BCUT2D eigenvalue weighted by Gasteiger charge is -2.34. The van der Waals surface area contributed by atoms with E-state index in [2.05, 4.69) is 56.0 Å². The van der Waals surface area contributed by atoms with Gasteiger partial charge in [0.25, 0.3) is 0 Å². The minimum Gasteiger partial charge on any atom is -0.361 e.